The van der Waals surface area contributed by atoms with Crippen LogP contribution in [0, 0.1) is 0 Å². The van der Waals surface area contributed by atoms with E-state index < -0.39 is 15.4 Å². The first-order chi connectivity index (χ1) is 11.0. The molecule has 118 valence electrons. The maximum atomic E-state index is 12.3. The summed E-state index contributed by atoms with van der Waals surface area (Å²) in [6.07, 6.45) is 3.68. The zero-order valence-corrected chi connectivity index (χ0v) is 13.4. The van der Waals surface area contributed by atoms with E-state index in [1.165, 1.54) is 11.5 Å². The quantitative estimate of drug-likeness (QED) is 0.865. The van der Waals surface area contributed by atoms with E-state index in [2.05, 4.69) is 10.1 Å². The number of oxime groups is 1. The van der Waals surface area contributed by atoms with Crippen LogP contribution in [-0.2, 0) is 14.7 Å². The predicted molar refractivity (Wildman–Crippen MR) is 87.6 cm³/mol. The summed E-state index contributed by atoms with van der Waals surface area (Å²) in [7, 11) is -3.50. The monoisotopic (exact) mass is 328 g/mol. The van der Waals surface area contributed by atoms with Crippen molar-refractivity contribution in [1.82, 2.24) is 4.98 Å². The number of pyridine rings is 1. The van der Waals surface area contributed by atoms with Gasteiger partial charge in [0.1, 0.15) is 5.71 Å². The highest BCUT2D eigenvalue weighted by Crippen LogP contribution is 2.28. The lowest BCUT2D eigenvalue weighted by Crippen LogP contribution is -2.22. The second-order valence-electron chi connectivity index (χ2n) is 5.49. The fourth-order valence-electron chi connectivity index (χ4n) is 2.24. The van der Waals surface area contributed by atoms with Gasteiger partial charge in [-0.15, -0.1) is 0 Å². The molecule has 0 saturated carbocycles. The molecule has 1 aromatic carbocycles. The van der Waals surface area contributed by atoms with Crippen molar-refractivity contribution in [1.29, 1.82) is 0 Å². The molecule has 1 aromatic heterocycles. The second-order valence-corrected chi connectivity index (χ2v) is 7.33. The van der Waals surface area contributed by atoms with Crippen LogP contribution in [0.2, 0.25) is 0 Å². The summed E-state index contributed by atoms with van der Waals surface area (Å²) in [4.78, 5) is 9.92. The van der Waals surface area contributed by atoms with Gasteiger partial charge in [-0.25, -0.2) is 8.42 Å². The molecule has 1 aliphatic rings. The summed E-state index contributed by atoms with van der Waals surface area (Å²) in [6.45, 7) is 1.80. The second kappa shape index (κ2) is 5.96. The van der Waals surface area contributed by atoms with Crippen LogP contribution < -0.4 is 0 Å². The Hall–Kier alpha value is -2.47. The number of benzene rings is 1. The normalized spacial score (nSPS) is 21.2. The fourth-order valence-corrected chi connectivity index (χ4v) is 3.40. The third-order valence-corrected chi connectivity index (χ3v) is 4.94. The van der Waals surface area contributed by atoms with Gasteiger partial charge in [-0.3, -0.25) is 4.98 Å². The number of rotatable bonds is 4. The van der Waals surface area contributed by atoms with Crippen LogP contribution in [-0.4, -0.2) is 24.7 Å². The molecule has 0 radical (unpaired) electrons. The van der Waals surface area contributed by atoms with Crippen LogP contribution in [0.25, 0.3) is 0 Å². The summed E-state index contributed by atoms with van der Waals surface area (Å²) < 4.78 is 24.6. The maximum absolute atomic E-state index is 12.3. The number of hydrogen-bond acceptors (Lipinski definition) is 5. The first kappa shape index (κ1) is 15.4. The molecule has 1 atom stereocenters. The average molecular weight is 328 g/mol. The van der Waals surface area contributed by atoms with Crippen molar-refractivity contribution in [3.8, 4) is 0 Å². The van der Waals surface area contributed by atoms with E-state index in [4.69, 9.17) is 4.84 Å². The summed E-state index contributed by atoms with van der Waals surface area (Å²) >= 11 is 0. The summed E-state index contributed by atoms with van der Waals surface area (Å²) in [5.74, 6) is 0. The number of sulfone groups is 1. The third kappa shape index (κ3) is 3.48. The molecule has 6 heteroatoms. The lowest BCUT2D eigenvalue weighted by molar-refractivity contribution is 0.0364. The minimum Gasteiger partial charge on any atom is -0.385 e. The number of aromatic nitrogens is 1. The first-order valence-corrected chi connectivity index (χ1v) is 8.69. The van der Waals surface area contributed by atoms with Crippen LogP contribution in [0.15, 0.2) is 76.3 Å². The van der Waals surface area contributed by atoms with Crippen molar-refractivity contribution in [3.63, 3.8) is 0 Å². The zero-order valence-electron chi connectivity index (χ0n) is 12.6. The van der Waals surface area contributed by atoms with E-state index in [-0.39, 0.29) is 4.90 Å². The highest BCUT2D eigenvalue weighted by molar-refractivity contribution is 7.94. The van der Waals surface area contributed by atoms with Crippen molar-refractivity contribution in [2.75, 3.05) is 0 Å². The Bertz CT molecular complexity index is 846. The highest BCUT2D eigenvalue weighted by atomic mass is 32.2. The first-order valence-electron chi connectivity index (χ1n) is 7.14. The molecule has 0 fully saturated rings. The Kier molecular flexibility index (Phi) is 4.00. The van der Waals surface area contributed by atoms with Crippen molar-refractivity contribution < 1.29 is 13.3 Å². The van der Waals surface area contributed by atoms with Crippen molar-refractivity contribution in [3.05, 3.63) is 71.9 Å². The molecule has 0 N–H and O–H groups in total. The molecule has 2 aromatic rings. The number of nitrogens with zero attached hydrogens (tertiary/aromatic N) is 2. The molecule has 0 bridgehead atoms. The lowest BCUT2D eigenvalue weighted by atomic mass is 9.98. The van der Waals surface area contributed by atoms with Crippen LogP contribution in [0.1, 0.15) is 19.0 Å². The molecule has 1 aliphatic heterocycles. The molecular formula is C17H16N2O3S. The SMILES string of the molecule is CC1(/C=C/S(=O)(=O)c2ccccc2)CC(c2ccccn2)=NO1. The Labute approximate surface area is 135 Å². The Morgan fingerprint density at radius 3 is 2.57 bits per heavy atom. The maximum Gasteiger partial charge on any atom is 0.199 e. The smallest absolute Gasteiger partial charge is 0.199 e. The molecule has 0 amide bonds. The van der Waals surface area contributed by atoms with Gasteiger partial charge in [0.15, 0.2) is 15.4 Å². The van der Waals surface area contributed by atoms with Crippen molar-refractivity contribution in [2.24, 2.45) is 5.16 Å². The number of hydrogen-bond donors (Lipinski definition) is 0. The molecule has 1 unspecified atom stereocenters. The van der Waals surface area contributed by atoms with Gasteiger partial charge < -0.3 is 4.84 Å². The van der Waals surface area contributed by atoms with E-state index in [0.29, 0.717) is 12.1 Å². The Morgan fingerprint density at radius 2 is 1.87 bits per heavy atom. The van der Waals surface area contributed by atoms with E-state index >= 15 is 0 Å². The van der Waals surface area contributed by atoms with Gasteiger partial charge in [0.25, 0.3) is 0 Å². The van der Waals surface area contributed by atoms with Gasteiger partial charge in [-0.05, 0) is 37.3 Å². The molecule has 0 spiro atoms. The van der Waals surface area contributed by atoms with E-state index in [9.17, 15) is 8.42 Å². The van der Waals surface area contributed by atoms with Gasteiger partial charge in [-0.2, -0.15) is 0 Å². The standard InChI is InChI=1S/C17H16N2O3S/c1-17(10-12-23(20,21)14-7-3-2-4-8-14)13-16(19-22-17)15-9-5-6-11-18-15/h2-12H,13H2,1H3/b12-10+. The van der Waals surface area contributed by atoms with E-state index in [1.807, 2.05) is 18.2 Å². The molecule has 0 aliphatic carbocycles. The van der Waals surface area contributed by atoms with Gasteiger partial charge in [0.2, 0.25) is 0 Å². The molecule has 2 heterocycles. The van der Waals surface area contributed by atoms with Crippen LogP contribution in [0.3, 0.4) is 0 Å². The van der Waals surface area contributed by atoms with Crippen LogP contribution >= 0.6 is 0 Å². The molecule has 5 nitrogen and oxygen atoms in total. The molecular weight excluding hydrogens is 312 g/mol. The summed E-state index contributed by atoms with van der Waals surface area (Å²) in [5.41, 5.74) is 0.639. The third-order valence-electron chi connectivity index (χ3n) is 3.51. The largest absolute Gasteiger partial charge is 0.385 e. The van der Waals surface area contributed by atoms with Gasteiger partial charge in [0, 0.05) is 18.0 Å². The molecule has 0 saturated heterocycles. The van der Waals surface area contributed by atoms with Crippen molar-refractivity contribution in [2.45, 2.75) is 23.8 Å². The zero-order chi connectivity index (χ0) is 16.3. The van der Waals surface area contributed by atoms with Gasteiger partial charge >= 0.3 is 0 Å². The van der Waals surface area contributed by atoms with Gasteiger partial charge in [0.05, 0.1) is 10.6 Å². The summed E-state index contributed by atoms with van der Waals surface area (Å²) in [5, 5.41) is 5.22. The minimum atomic E-state index is -3.50. The lowest BCUT2D eigenvalue weighted by Gasteiger charge is -2.16. The van der Waals surface area contributed by atoms with E-state index in [0.717, 1.165) is 5.69 Å². The summed E-state index contributed by atoms with van der Waals surface area (Å²) in [6, 6.07) is 13.8. The average Bonchev–Trinajstić information content (AvgIpc) is 2.98. The predicted octanol–water partition coefficient (Wildman–Crippen LogP) is 2.95. The minimum absolute atomic E-state index is 0.253. The fraction of sp³-hybridized carbons (Fsp3) is 0.176. The Balaban J connectivity index is 1.77. The van der Waals surface area contributed by atoms with Crippen LogP contribution in [0.5, 0.6) is 0 Å². The molecule has 23 heavy (non-hydrogen) atoms. The topological polar surface area (TPSA) is 68.6 Å². The van der Waals surface area contributed by atoms with Crippen LogP contribution in [0.4, 0.5) is 0 Å². The van der Waals surface area contributed by atoms with Gasteiger partial charge in [-0.1, -0.05) is 29.4 Å². The van der Waals surface area contributed by atoms with E-state index in [1.54, 1.807) is 43.5 Å². The molecule has 3 rings (SSSR count). The highest BCUT2D eigenvalue weighted by Gasteiger charge is 2.33. The Morgan fingerprint density at radius 1 is 1.13 bits per heavy atom. The van der Waals surface area contributed by atoms with Crippen molar-refractivity contribution >= 4 is 15.5 Å².